The topological polar surface area (TPSA) is 92.6 Å². The highest BCUT2D eigenvalue weighted by molar-refractivity contribution is 8.05. The summed E-state index contributed by atoms with van der Waals surface area (Å²) < 4.78 is -1.03. The molecule has 2 rings (SSSR count). The molecule has 0 aliphatic heterocycles. The van der Waals surface area contributed by atoms with Gasteiger partial charge in [-0.1, -0.05) is 48.2 Å². The number of hydrogen-bond acceptors (Lipinski definition) is 5. The van der Waals surface area contributed by atoms with Crippen LogP contribution in [-0.2, 0) is 4.79 Å². The molecule has 5 nitrogen and oxygen atoms in total. The fraction of sp³-hybridized carbons (Fsp3) is 0.188. The van der Waals surface area contributed by atoms with Crippen LogP contribution in [0.4, 0.5) is 5.69 Å². The highest BCUT2D eigenvalue weighted by atomic mass is 32.2. The first-order chi connectivity index (χ1) is 10.4. The van der Waals surface area contributed by atoms with Crippen LogP contribution < -0.4 is 16.6 Å². The molecular formula is C16H19N3O2S. The number of hydrazine groups is 1. The van der Waals surface area contributed by atoms with Gasteiger partial charge in [0.05, 0.1) is 5.69 Å². The Morgan fingerprint density at radius 3 is 2.50 bits per heavy atom. The quantitative estimate of drug-likeness (QED) is 0.580. The predicted octanol–water partition coefficient (Wildman–Crippen LogP) is 2.87. The van der Waals surface area contributed by atoms with Crippen LogP contribution in [0.1, 0.15) is 13.8 Å². The zero-order chi connectivity index (χ0) is 16.3. The molecule has 0 amide bonds. The number of nitrogens with zero attached hydrogens (tertiary/aromatic N) is 1. The van der Waals surface area contributed by atoms with E-state index in [0.29, 0.717) is 5.03 Å². The number of hydrogen-bond donors (Lipinski definition) is 3. The van der Waals surface area contributed by atoms with E-state index in [2.05, 4.69) is 0 Å². The van der Waals surface area contributed by atoms with Crippen LogP contribution in [-0.4, -0.2) is 15.8 Å². The van der Waals surface area contributed by atoms with Crippen molar-refractivity contribution in [2.24, 2.45) is 11.6 Å². The maximum absolute atomic E-state index is 11.3. The van der Waals surface area contributed by atoms with Gasteiger partial charge in [0.25, 0.3) is 0 Å². The summed E-state index contributed by atoms with van der Waals surface area (Å²) in [5, 5.41) is 13.2. The normalized spacial score (nSPS) is 12.4. The largest absolute Gasteiger partial charge is 0.480 e. The van der Waals surface area contributed by atoms with Crippen LogP contribution in [0.3, 0.4) is 0 Å². The lowest BCUT2D eigenvalue weighted by Gasteiger charge is -2.27. The number of aliphatic carboxylic acids is 1. The summed E-state index contributed by atoms with van der Waals surface area (Å²) >= 11 is 1.10. The van der Waals surface area contributed by atoms with Crippen molar-refractivity contribution in [1.82, 2.24) is 0 Å². The van der Waals surface area contributed by atoms with Crippen molar-refractivity contribution in [2.45, 2.75) is 18.6 Å². The molecule has 6 heteroatoms. The summed E-state index contributed by atoms with van der Waals surface area (Å²) in [5.74, 6) is 5.27. The lowest BCUT2D eigenvalue weighted by atomic mass is 10.1. The van der Waals surface area contributed by atoms with Crippen LogP contribution in [0.15, 0.2) is 53.7 Å². The van der Waals surface area contributed by atoms with Crippen LogP contribution in [0.25, 0.3) is 10.8 Å². The Labute approximate surface area is 133 Å². The lowest BCUT2D eigenvalue weighted by molar-refractivity contribution is -0.138. The average molecular weight is 317 g/mol. The van der Waals surface area contributed by atoms with Crippen molar-refractivity contribution in [3.63, 3.8) is 0 Å². The van der Waals surface area contributed by atoms with Crippen LogP contribution in [0.5, 0.6) is 0 Å². The van der Waals surface area contributed by atoms with Gasteiger partial charge in [0.15, 0.2) is 0 Å². The number of fused-ring (bicyclic) bond motifs is 1. The summed E-state index contributed by atoms with van der Waals surface area (Å²) in [6.45, 7) is 3.22. The number of carboxylic acids is 1. The van der Waals surface area contributed by atoms with Crippen molar-refractivity contribution in [1.29, 1.82) is 0 Å². The van der Waals surface area contributed by atoms with Gasteiger partial charge >= 0.3 is 5.97 Å². The smallest absolute Gasteiger partial charge is 0.319 e. The van der Waals surface area contributed by atoms with E-state index in [0.717, 1.165) is 28.2 Å². The number of rotatable bonds is 5. The van der Waals surface area contributed by atoms with Crippen LogP contribution >= 0.6 is 11.8 Å². The molecule has 0 aliphatic carbocycles. The number of thioether (sulfide) groups is 1. The maximum atomic E-state index is 11.3. The molecule has 0 radical (unpaired) electrons. The zero-order valence-corrected chi connectivity index (χ0v) is 13.3. The fourth-order valence-corrected chi connectivity index (χ4v) is 2.88. The molecule has 2 aromatic rings. The summed E-state index contributed by atoms with van der Waals surface area (Å²) in [4.78, 5) is 11.3. The molecule has 0 heterocycles. The van der Waals surface area contributed by atoms with E-state index < -0.39 is 10.7 Å². The van der Waals surface area contributed by atoms with E-state index in [9.17, 15) is 9.90 Å². The number of carbonyl (C=O) groups is 1. The molecule has 0 spiro atoms. The second kappa shape index (κ2) is 6.29. The van der Waals surface area contributed by atoms with Gasteiger partial charge in [-0.05, 0) is 25.3 Å². The fourth-order valence-electron chi connectivity index (χ4n) is 2.01. The van der Waals surface area contributed by atoms with Gasteiger partial charge in [-0.25, -0.2) is 5.84 Å². The molecule has 0 aromatic heterocycles. The van der Waals surface area contributed by atoms with Gasteiger partial charge in [0, 0.05) is 11.6 Å². The molecule has 0 atom stereocenters. The minimum atomic E-state index is -1.03. The first-order valence-electron chi connectivity index (χ1n) is 6.73. The van der Waals surface area contributed by atoms with E-state index in [1.807, 2.05) is 42.5 Å². The highest BCUT2D eigenvalue weighted by Crippen LogP contribution is 2.36. The number of carboxylic acid groups (broad SMARTS) is 1. The van der Waals surface area contributed by atoms with E-state index in [4.69, 9.17) is 11.6 Å². The van der Waals surface area contributed by atoms with Gasteiger partial charge in [-0.2, -0.15) is 0 Å². The zero-order valence-electron chi connectivity index (χ0n) is 12.5. The first kappa shape index (κ1) is 16.2. The third kappa shape index (κ3) is 3.18. The number of anilines is 1. The van der Waals surface area contributed by atoms with Gasteiger partial charge in [0.1, 0.15) is 9.78 Å². The summed E-state index contributed by atoms with van der Waals surface area (Å²) in [6, 6.07) is 13.6. The molecule has 116 valence electrons. The number of benzene rings is 2. The van der Waals surface area contributed by atoms with Crippen molar-refractivity contribution >= 4 is 34.2 Å². The predicted molar refractivity (Wildman–Crippen MR) is 92.2 cm³/mol. The number of nitrogens with two attached hydrogens (primary N) is 2. The highest BCUT2D eigenvalue weighted by Gasteiger charge is 2.31. The Morgan fingerprint density at radius 1 is 1.23 bits per heavy atom. The summed E-state index contributed by atoms with van der Waals surface area (Å²) in [7, 11) is 0. The van der Waals surface area contributed by atoms with Crippen LogP contribution in [0, 0.1) is 0 Å². The Balaban J connectivity index is 2.40. The second-order valence-corrected chi connectivity index (χ2v) is 6.93. The van der Waals surface area contributed by atoms with E-state index in [1.165, 1.54) is 11.2 Å². The molecule has 22 heavy (non-hydrogen) atoms. The Morgan fingerprint density at radius 2 is 1.86 bits per heavy atom. The minimum absolute atomic E-state index is 0.476. The van der Waals surface area contributed by atoms with Gasteiger partial charge in [-0.15, -0.1) is 0 Å². The third-order valence-electron chi connectivity index (χ3n) is 3.28. The monoisotopic (exact) mass is 317 g/mol. The minimum Gasteiger partial charge on any atom is -0.480 e. The van der Waals surface area contributed by atoms with Crippen molar-refractivity contribution in [3.8, 4) is 0 Å². The molecule has 0 saturated heterocycles. The molecule has 2 aromatic carbocycles. The summed E-state index contributed by atoms with van der Waals surface area (Å²) in [6.07, 6.45) is 1.33. The van der Waals surface area contributed by atoms with Crippen molar-refractivity contribution in [3.05, 3.63) is 53.7 Å². The molecule has 0 fully saturated rings. The Kier molecular flexibility index (Phi) is 4.63. The first-order valence-corrected chi connectivity index (χ1v) is 7.55. The standard InChI is InChI=1S/C16H19N3O2S/c1-16(2,15(20)21)22-14(10-17)19(18)13-9-5-7-11-6-3-4-8-12(11)13/h3-10H,17-18H2,1-2H3,(H,20,21)/b14-10+. The average Bonchev–Trinajstić information content (AvgIpc) is 2.51. The molecular weight excluding hydrogens is 298 g/mol. The van der Waals surface area contributed by atoms with Crippen LogP contribution in [0.2, 0.25) is 0 Å². The van der Waals surface area contributed by atoms with Gasteiger partial charge in [-0.3, -0.25) is 9.80 Å². The molecule has 0 unspecified atom stereocenters. The summed E-state index contributed by atoms with van der Waals surface area (Å²) in [5.41, 5.74) is 6.43. The molecule has 0 saturated carbocycles. The molecule has 0 bridgehead atoms. The van der Waals surface area contributed by atoms with Crippen molar-refractivity contribution < 1.29 is 9.90 Å². The maximum Gasteiger partial charge on any atom is 0.319 e. The Bertz CT molecular complexity index is 723. The van der Waals surface area contributed by atoms with Crippen molar-refractivity contribution in [2.75, 3.05) is 5.01 Å². The SMILES string of the molecule is CC(C)(S/C(=C/N)N(N)c1cccc2ccccc12)C(=O)O. The molecule has 5 N–H and O–H groups in total. The van der Waals surface area contributed by atoms with E-state index in [1.54, 1.807) is 13.8 Å². The Hall–Kier alpha value is -2.18. The van der Waals surface area contributed by atoms with Gasteiger partial charge < -0.3 is 10.8 Å². The third-order valence-corrected chi connectivity index (χ3v) is 4.51. The second-order valence-electron chi connectivity index (χ2n) is 5.29. The van der Waals surface area contributed by atoms with E-state index >= 15 is 0 Å². The lowest BCUT2D eigenvalue weighted by Crippen LogP contribution is -2.35. The molecule has 0 aliphatic rings. The van der Waals surface area contributed by atoms with Gasteiger partial charge in [0.2, 0.25) is 0 Å². The van der Waals surface area contributed by atoms with E-state index in [-0.39, 0.29) is 0 Å².